The van der Waals surface area contributed by atoms with Gasteiger partial charge in [-0.15, -0.1) is 4.33 Å². The molecular formula is C20H25F13O7S. The lowest BCUT2D eigenvalue weighted by molar-refractivity contribution is -0.440. The molecule has 0 fully saturated rings. The largest absolute Gasteiger partial charge is 0.466 e. The molecule has 0 aromatic heterocycles. The van der Waals surface area contributed by atoms with Gasteiger partial charge in [-0.3, -0.25) is 9.59 Å². The fraction of sp³-hybridized carbons (Fsp3) is 0.900. The Kier molecular flexibility index (Phi) is 15.0. The van der Waals surface area contributed by atoms with Crippen molar-refractivity contribution in [3.05, 3.63) is 0 Å². The Morgan fingerprint density at radius 3 is 1.73 bits per heavy atom. The highest BCUT2D eigenvalue weighted by molar-refractivity contribution is 7.95. The van der Waals surface area contributed by atoms with Crippen LogP contribution in [0.5, 0.6) is 0 Å². The van der Waals surface area contributed by atoms with E-state index in [1.165, 1.54) is 0 Å². The number of hydrogen-bond donors (Lipinski definition) is 1. The molecule has 0 amide bonds. The van der Waals surface area contributed by atoms with Gasteiger partial charge in [-0.05, 0) is 6.42 Å². The summed E-state index contributed by atoms with van der Waals surface area (Å²) >= 11 is -0.205. The zero-order chi connectivity index (χ0) is 32.3. The topological polar surface area (TPSA) is 91.3 Å². The summed E-state index contributed by atoms with van der Waals surface area (Å²) in [5.74, 6) is -40.8. The summed E-state index contributed by atoms with van der Waals surface area (Å²) in [7, 11) is 0. The Balaban J connectivity index is 5.30. The normalized spacial score (nSPS) is 14.6. The van der Waals surface area contributed by atoms with Gasteiger partial charge in [-0.25, -0.2) is 5.26 Å². The summed E-state index contributed by atoms with van der Waals surface area (Å²) in [6.45, 7) is -0.162. The van der Waals surface area contributed by atoms with Gasteiger partial charge in [0, 0.05) is 0 Å². The summed E-state index contributed by atoms with van der Waals surface area (Å²) in [6.07, 6.45) is -6.49. The van der Waals surface area contributed by atoms with Gasteiger partial charge in [0.1, 0.15) is 5.25 Å². The van der Waals surface area contributed by atoms with E-state index in [0.717, 1.165) is 25.7 Å². The Bertz CT molecular complexity index is 826. The maximum absolute atomic E-state index is 13.8. The molecule has 7 nitrogen and oxygen atoms in total. The minimum Gasteiger partial charge on any atom is -0.466 e. The lowest BCUT2D eigenvalue weighted by Gasteiger charge is -2.39. The van der Waals surface area contributed by atoms with Crippen molar-refractivity contribution in [1.82, 2.24) is 0 Å². The number of esters is 2. The fourth-order valence-electron chi connectivity index (χ4n) is 2.83. The highest BCUT2D eigenvalue weighted by atomic mass is 32.2. The molecule has 0 aliphatic carbocycles. The molecule has 0 bridgehead atoms. The molecule has 1 atom stereocenters. The molecular weight excluding hydrogens is 631 g/mol. The van der Waals surface area contributed by atoms with Gasteiger partial charge in [0.15, 0.2) is 0 Å². The number of halogens is 13. The molecule has 0 saturated carbocycles. The van der Waals surface area contributed by atoms with Crippen LogP contribution in [0.3, 0.4) is 0 Å². The van der Waals surface area contributed by atoms with E-state index in [1.54, 1.807) is 0 Å². The number of hydrogen-bond acceptors (Lipinski definition) is 8. The van der Waals surface area contributed by atoms with Gasteiger partial charge in [0.05, 0.1) is 38.1 Å². The number of rotatable bonds is 20. The summed E-state index contributed by atoms with van der Waals surface area (Å²) in [5, 5.41) is 9.39. The average molecular weight is 656 g/mol. The maximum atomic E-state index is 13.8. The molecule has 1 N–H and O–H groups in total. The van der Waals surface area contributed by atoms with E-state index in [4.69, 9.17) is 9.99 Å². The van der Waals surface area contributed by atoms with Gasteiger partial charge < -0.3 is 9.47 Å². The van der Waals surface area contributed by atoms with E-state index in [1.807, 2.05) is 6.92 Å². The van der Waals surface area contributed by atoms with Crippen molar-refractivity contribution in [1.29, 1.82) is 0 Å². The molecule has 0 spiro atoms. The van der Waals surface area contributed by atoms with Crippen molar-refractivity contribution >= 4 is 24.0 Å². The van der Waals surface area contributed by atoms with E-state index < -0.39 is 72.4 Å². The Labute approximate surface area is 228 Å². The van der Waals surface area contributed by atoms with Crippen molar-refractivity contribution in [2.24, 2.45) is 0 Å². The third-order valence-electron chi connectivity index (χ3n) is 5.22. The predicted octanol–water partition coefficient (Wildman–Crippen LogP) is 7.39. The SMILES string of the molecule is CCCCCCCCOC(=O)CC(SOOO)C(=O)OCCC(F)(F)C(F)(F)C(F)(F)C(F)(F)C(F)(F)C(F)(F)F. The molecule has 21 heteroatoms. The minimum atomic E-state index is -8.05. The summed E-state index contributed by atoms with van der Waals surface area (Å²) in [4.78, 5) is 23.9. The van der Waals surface area contributed by atoms with Crippen LogP contribution in [0.1, 0.15) is 58.3 Å². The molecule has 0 rings (SSSR count). The van der Waals surface area contributed by atoms with E-state index in [0.29, 0.717) is 12.8 Å². The summed E-state index contributed by atoms with van der Waals surface area (Å²) < 4.78 is 183. The van der Waals surface area contributed by atoms with Gasteiger partial charge >= 0.3 is 47.7 Å². The molecule has 41 heavy (non-hydrogen) atoms. The van der Waals surface area contributed by atoms with Crippen molar-refractivity contribution in [3.8, 4) is 0 Å². The minimum absolute atomic E-state index is 0.123. The second-order valence-electron chi connectivity index (χ2n) is 8.34. The summed E-state index contributed by atoms with van der Waals surface area (Å²) in [5.41, 5.74) is 0. The van der Waals surface area contributed by atoms with Crippen LogP contribution >= 0.6 is 12.0 Å². The van der Waals surface area contributed by atoms with Crippen molar-refractivity contribution < 1.29 is 90.8 Å². The van der Waals surface area contributed by atoms with Gasteiger partial charge in [0.25, 0.3) is 0 Å². The first-order chi connectivity index (χ1) is 18.5. The molecule has 244 valence electrons. The molecule has 1 unspecified atom stereocenters. The third-order valence-corrected chi connectivity index (χ3v) is 5.95. The lowest BCUT2D eigenvalue weighted by atomic mass is 9.93. The van der Waals surface area contributed by atoms with Crippen molar-refractivity contribution in [2.75, 3.05) is 13.2 Å². The quantitative estimate of drug-likeness (QED) is 0.0363. The fourth-order valence-corrected chi connectivity index (χ4v) is 3.31. The second-order valence-corrected chi connectivity index (χ2v) is 9.23. The number of alkyl halides is 13. The first-order valence-corrected chi connectivity index (χ1v) is 12.3. The smallest absolute Gasteiger partial charge is 0.460 e. The van der Waals surface area contributed by atoms with Crippen LogP contribution in [0.2, 0.25) is 0 Å². The van der Waals surface area contributed by atoms with Crippen LogP contribution in [-0.4, -0.2) is 71.4 Å². The van der Waals surface area contributed by atoms with Crippen molar-refractivity contribution in [2.45, 2.75) is 99.3 Å². The molecule has 0 radical (unpaired) electrons. The molecule has 0 aromatic rings. The average Bonchev–Trinajstić information content (AvgIpc) is 2.84. The van der Waals surface area contributed by atoms with E-state index in [-0.39, 0.29) is 18.6 Å². The predicted molar refractivity (Wildman–Crippen MR) is 111 cm³/mol. The zero-order valence-electron chi connectivity index (χ0n) is 20.9. The molecule has 0 aromatic carbocycles. The van der Waals surface area contributed by atoms with Gasteiger partial charge in [-0.2, -0.15) is 57.1 Å². The van der Waals surface area contributed by atoms with Crippen LogP contribution in [0.4, 0.5) is 57.1 Å². The van der Waals surface area contributed by atoms with Crippen LogP contribution < -0.4 is 0 Å². The summed E-state index contributed by atoms with van der Waals surface area (Å²) in [6, 6.07) is 0. The van der Waals surface area contributed by atoms with Crippen LogP contribution in [0.25, 0.3) is 0 Å². The Morgan fingerprint density at radius 1 is 0.707 bits per heavy atom. The van der Waals surface area contributed by atoms with E-state index >= 15 is 0 Å². The second kappa shape index (κ2) is 15.6. The van der Waals surface area contributed by atoms with E-state index in [2.05, 4.69) is 14.1 Å². The van der Waals surface area contributed by atoms with Gasteiger partial charge in [0.2, 0.25) is 0 Å². The molecule has 0 saturated heterocycles. The lowest BCUT2D eigenvalue weighted by Crippen LogP contribution is -2.70. The first-order valence-electron chi connectivity index (χ1n) is 11.5. The highest BCUT2D eigenvalue weighted by Gasteiger charge is 2.90. The maximum Gasteiger partial charge on any atom is 0.460 e. The van der Waals surface area contributed by atoms with Gasteiger partial charge in [-0.1, -0.05) is 44.1 Å². The van der Waals surface area contributed by atoms with Crippen molar-refractivity contribution in [3.63, 3.8) is 0 Å². The van der Waals surface area contributed by atoms with Crippen LogP contribution in [-0.2, 0) is 28.4 Å². The number of ether oxygens (including phenoxy) is 2. The number of unbranched alkanes of at least 4 members (excludes halogenated alkanes) is 5. The zero-order valence-corrected chi connectivity index (χ0v) is 21.7. The van der Waals surface area contributed by atoms with E-state index in [9.17, 15) is 66.7 Å². The Hall–Kier alpha value is -1.74. The molecule has 0 aliphatic rings. The Morgan fingerprint density at radius 2 is 1.22 bits per heavy atom. The molecule has 0 aliphatic heterocycles. The first kappa shape index (κ1) is 39.3. The number of carbonyl (C=O) groups excluding carboxylic acids is 2. The van der Waals surface area contributed by atoms with Crippen LogP contribution in [0, 0.1) is 0 Å². The highest BCUT2D eigenvalue weighted by Crippen LogP contribution is 2.60. The number of carbonyl (C=O) groups is 2. The third kappa shape index (κ3) is 9.91. The molecule has 0 heterocycles. The monoisotopic (exact) mass is 656 g/mol. The standard InChI is InChI=1S/C20H25F13O7S/c1-2-3-4-5-6-7-9-37-13(34)11-12(41-40-39-36)14(35)38-10-8-15(21,22)16(23,24)17(25,26)18(27,28)19(29,30)20(31,32)33/h12,36H,2-11H2,1H3. The van der Waals surface area contributed by atoms with Crippen LogP contribution in [0.15, 0.2) is 0 Å².